The topological polar surface area (TPSA) is 18.5 Å². The Kier molecular flexibility index (Phi) is 4.63. The van der Waals surface area contributed by atoms with Gasteiger partial charge in [-0.05, 0) is 31.4 Å². The molecule has 15 heavy (non-hydrogen) atoms. The van der Waals surface area contributed by atoms with Gasteiger partial charge in [0.2, 0.25) is 0 Å². The third kappa shape index (κ3) is 3.56. The number of rotatable bonds is 5. The zero-order valence-corrected chi connectivity index (χ0v) is 9.99. The van der Waals surface area contributed by atoms with E-state index in [2.05, 4.69) is 19.9 Å². The molecule has 0 amide bonds. The fraction of sp³-hybridized carbons (Fsp3) is 0.538. The molecule has 1 rings (SSSR count). The summed E-state index contributed by atoms with van der Waals surface area (Å²) in [7, 11) is 0. The summed E-state index contributed by atoms with van der Waals surface area (Å²) < 4.78 is 11.1. The van der Waals surface area contributed by atoms with Gasteiger partial charge in [0.1, 0.15) is 5.75 Å². The summed E-state index contributed by atoms with van der Waals surface area (Å²) in [4.78, 5) is 0. The van der Waals surface area contributed by atoms with Crippen LogP contribution in [0.25, 0.3) is 0 Å². The third-order valence-corrected chi connectivity index (χ3v) is 2.24. The van der Waals surface area contributed by atoms with Crippen LogP contribution < -0.4 is 4.74 Å². The summed E-state index contributed by atoms with van der Waals surface area (Å²) in [5.74, 6) is 1.39. The molecule has 0 heterocycles. The Balaban J connectivity index is 2.75. The number of hydrogen-bond donors (Lipinski definition) is 0. The number of benzene rings is 1. The lowest BCUT2D eigenvalue weighted by Crippen LogP contribution is -2.16. The Morgan fingerprint density at radius 1 is 1.13 bits per heavy atom. The van der Waals surface area contributed by atoms with E-state index in [9.17, 15) is 0 Å². The lowest BCUT2D eigenvalue weighted by molar-refractivity contribution is -0.0618. The van der Waals surface area contributed by atoms with Gasteiger partial charge in [0.25, 0.3) is 0 Å². The average Bonchev–Trinajstić information content (AvgIpc) is 2.18. The Morgan fingerprint density at radius 2 is 1.80 bits per heavy atom. The Labute approximate surface area is 92.2 Å². The maximum atomic E-state index is 5.72. The predicted molar refractivity (Wildman–Crippen MR) is 62.2 cm³/mol. The van der Waals surface area contributed by atoms with Crippen molar-refractivity contribution in [3.63, 3.8) is 0 Å². The van der Waals surface area contributed by atoms with Crippen molar-refractivity contribution in [3.8, 4) is 5.75 Å². The summed E-state index contributed by atoms with van der Waals surface area (Å²) in [5.41, 5.74) is 1.23. The van der Waals surface area contributed by atoms with E-state index in [-0.39, 0.29) is 6.29 Å². The molecular weight excluding hydrogens is 188 g/mol. The zero-order chi connectivity index (χ0) is 11.3. The van der Waals surface area contributed by atoms with Crippen LogP contribution in [-0.2, 0) is 4.74 Å². The van der Waals surface area contributed by atoms with Gasteiger partial charge < -0.3 is 9.47 Å². The van der Waals surface area contributed by atoms with E-state index in [0.29, 0.717) is 12.5 Å². The first-order valence-corrected chi connectivity index (χ1v) is 5.52. The van der Waals surface area contributed by atoms with Gasteiger partial charge in [0.05, 0.1) is 0 Å². The molecule has 0 saturated heterocycles. The molecule has 1 aromatic carbocycles. The second kappa shape index (κ2) is 5.76. The van der Waals surface area contributed by atoms with Gasteiger partial charge >= 0.3 is 0 Å². The summed E-state index contributed by atoms with van der Waals surface area (Å²) >= 11 is 0. The van der Waals surface area contributed by atoms with Crippen molar-refractivity contribution in [1.29, 1.82) is 0 Å². The molecule has 1 atom stereocenters. The lowest BCUT2D eigenvalue weighted by atomic mass is 10.0. The van der Waals surface area contributed by atoms with E-state index in [1.54, 1.807) is 0 Å². The summed E-state index contributed by atoms with van der Waals surface area (Å²) in [6, 6.07) is 8.11. The lowest BCUT2D eigenvalue weighted by Gasteiger charge is -2.18. The van der Waals surface area contributed by atoms with Crippen molar-refractivity contribution in [1.82, 2.24) is 0 Å². The highest BCUT2D eigenvalue weighted by molar-refractivity contribution is 5.35. The summed E-state index contributed by atoms with van der Waals surface area (Å²) in [6.07, 6.45) is -0.185. The van der Waals surface area contributed by atoms with Crippen LogP contribution in [0.4, 0.5) is 0 Å². The van der Waals surface area contributed by atoms with Crippen molar-refractivity contribution >= 4 is 0 Å². The van der Waals surface area contributed by atoms with E-state index >= 15 is 0 Å². The second-order valence-electron chi connectivity index (χ2n) is 3.83. The molecule has 1 unspecified atom stereocenters. The van der Waals surface area contributed by atoms with Crippen molar-refractivity contribution in [2.45, 2.75) is 39.9 Å². The Bertz CT molecular complexity index is 294. The van der Waals surface area contributed by atoms with Gasteiger partial charge in [-0.2, -0.15) is 0 Å². The second-order valence-corrected chi connectivity index (χ2v) is 3.83. The standard InChI is InChI=1S/C13H20O2/c1-5-14-11(4)15-13-9-7-6-8-12(13)10(2)3/h6-11H,5H2,1-4H3. The van der Waals surface area contributed by atoms with Gasteiger partial charge in [0, 0.05) is 6.61 Å². The molecule has 0 aliphatic carbocycles. The SMILES string of the molecule is CCOC(C)Oc1ccccc1C(C)C. The van der Waals surface area contributed by atoms with Crippen molar-refractivity contribution in [2.24, 2.45) is 0 Å². The van der Waals surface area contributed by atoms with Crippen LogP contribution in [0, 0.1) is 0 Å². The van der Waals surface area contributed by atoms with Crippen LogP contribution in [0.3, 0.4) is 0 Å². The van der Waals surface area contributed by atoms with E-state index < -0.39 is 0 Å². The minimum atomic E-state index is -0.185. The molecule has 0 aliphatic heterocycles. The van der Waals surface area contributed by atoms with Crippen LogP contribution in [0.1, 0.15) is 39.2 Å². The first-order chi connectivity index (χ1) is 7.15. The third-order valence-electron chi connectivity index (χ3n) is 2.24. The molecule has 0 saturated carbocycles. The Hall–Kier alpha value is -1.02. The number of para-hydroxylation sites is 1. The van der Waals surface area contributed by atoms with Crippen LogP contribution >= 0.6 is 0 Å². The molecule has 1 aromatic rings. The Morgan fingerprint density at radius 3 is 2.40 bits per heavy atom. The molecular formula is C13H20O2. The molecule has 84 valence electrons. The molecule has 0 N–H and O–H groups in total. The van der Waals surface area contributed by atoms with Gasteiger partial charge in [-0.3, -0.25) is 0 Å². The molecule has 0 aromatic heterocycles. The van der Waals surface area contributed by atoms with Crippen LogP contribution in [0.15, 0.2) is 24.3 Å². The molecule has 2 heteroatoms. The monoisotopic (exact) mass is 208 g/mol. The largest absolute Gasteiger partial charge is 0.465 e. The van der Waals surface area contributed by atoms with Crippen molar-refractivity contribution in [3.05, 3.63) is 29.8 Å². The first-order valence-electron chi connectivity index (χ1n) is 5.52. The number of ether oxygens (including phenoxy) is 2. The highest BCUT2D eigenvalue weighted by atomic mass is 16.7. The van der Waals surface area contributed by atoms with E-state index in [4.69, 9.17) is 9.47 Å². The van der Waals surface area contributed by atoms with Crippen LogP contribution in [0.5, 0.6) is 5.75 Å². The van der Waals surface area contributed by atoms with Gasteiger partial charge in [-0.25, -0.2) is 0 Å². The summed E-state index contributed by atoms with van der Waals surface area (Å²) in [5, 5.41) is 0. The minimum absolute atomic E-state index is 0.185. The fourth-order valence-corrected chi connectivity index (χ4v) is 1.51. The predicted octanol–water partition coefficient (Wildman–Crippen LogP) is 3.57. The highest BCUT2D eigenvalue weighted by Gasteiger charge is 2.09. The zero-order valence-electron chi connectivity index (χ0n) is 9.99. The van der Waals surface area contributed by atoms with E-state index in [1.807, 2.05) is 32.0 Å². The number of hydrogen-bond acceptors (Lipinski definition) is 2. The molecule has 0 radical (unpaired) electrons. The minimum Gasteiger partial charge on any atom is -0.465 e. The van der Waals surface area contributed by atoms with Gasteiger partial charge in [-0.1, -0.05) is 32.0 Å². The molecule has 0 bridgehead atoms. The van der Waals surface area contributed by atoms with Crippen molar-refractivity contribution < 1.29 is 9.47 Å². The van der Waals surface area contributed by atoms with Crippen molar-refractivity contribution in [2.75, 3.05) is 6.61 Å². The highest BCUT2D eigenvalue weighted by Crippen LogP contribution is 2.26. The van der Waals surface area contributed by atoms with E-state index in [1.165, 1.54) is 5.56 Å². The maximum absolute atomic E-state index is 5.72. The average molecular weight is 208 g/mol. The quantitative estimate of drug-likeness (QED) is 0.689. The maximum Gasteiger partial charge on any atom is 0.196 e. The fourth-order valence-electron chi connectivity index (χ4n) is 1.51. The molecule has 0 spiro atoms. The van der Waals surface area contributed by atoms with E-state index in [0.717, 1.165) is 5.75 Å². The van der Waals surface area contributed by atoms with Crippen LogP contribution in [0.2, 0.25) is 0 Å². The van der Waals surface area contributed by atoms with Crippen LogP contribution in [-0.4, -0.2) is 12.9 Å². The first kappa shape index (κ1) is 12.1. The molecule has 0 aliphatic rings. The molecule has 2 nitrogen and oxygen atoms in total. The summed E-state index contributed by atoms with van der Waals surface area (Å²) in [6.45, 7) is 8.88. The smallest absolute Gasteiger partial charge is 0.196 e. The van der Waals surface area contributed by atoms with Gasteiger partial charge in [-0.15, -0.1) is 0 Å². The normalized spacial score (nSPS) is 12.9. The van der Waals surface area contributed by atoms with Gasteiger partial charge in [0.15, 0.2) is 6.29 Å². The molecule has 0 fully saturated rings.